The Morgan fingerprint density at radius 1 is 1.33 bits per heavy atom. The maximum Gasteiger partial charge on any atom is 0.208 e. The van der Waals surface area contributed by atoms with Gasteiger partial charge in [0.2, 0.25) is 5.16 Å². The molecule has 1 aliphatic rings. The van der Waals surface area contributed by atoms with E-state index in [-0.39, 0.29) is 0 Å². The van der Waals surface area contributed by atoms with Gasteiger partial charge in [0, 0.05) is 17.9 Å². The second kappa shape index (κ2) is 5.54. The average molecular weight is 261 g/mol. The lowest BCUT2D eigenvalue weighted by Gasteiger charge is -2.05. The molecule has 0 unspecified atom stereocenters. The van der Waals surface area contributed by atoms with Gasteiger partial charge in [-0.1, -0.05) is 42.1 Å². The molecule has 2 aromatic rings. The summed E-state index contributed by atoms with van der Waals surface area (Å²) in [5.74, 6) is 1.76. The fourth-order valence-electron chi connectivity index (χ4n) is 1.98. The van der Waals surface area contributed by atoms with Gasteiger partial charge in [-0.2, -0.15) is 0 Å². The van der Waals surface area contributed by atoms with Gasteiger partial charge >= 0.3 is 0 Å². The lowest BCUT2D eigenvalue weighted by atomic mass is 10.2. The van der Waals surface area contributed by atoms with Crippen LogP contribution in [0.4, 0.5) is 0 Å². The lowest BCUT2D eigenvalue weighted by Crippen LogP contribution is -2.07. The Morgan fingerprint density at radius 2 is 2.22 bits per heavy atom. The van der Waals surface area contributed by atoms with Crippen LogP contribution in [0.25, 0.3) is 11.4 Å². The molecule has 2 heterocycles. The number of thioether (sulfide) groups is 1. The molecule has 94 valence electrons. The fraction of sp³-hybridized carbons (Fsp3) is 0.385. The number of ether oxygens (including phenoxy) is 1. The van der Waals surface area contributed by atoms with Crippen molar-refractivity contribution in [1.29, 1.82) is 0 Å². The summed E-state index contributed by atoms with van der Waals surface area (Å²) in [6.45, 7) is 0.897. The Bertz CT molecular complexity index is 494. The minimum Gasteiger partial charge on any atom is -0.377 e. The summed E-state index contributed by atoms with van der Waals surface area (Å²) >= 11 is 1.65. The zero-order valence-electron chi connectivity index (χ0n) is 10.0. The summed E-state index contributed by atoms with van der Waals surface area (Å²) in [6.07, 6.45) is 2.70. The number of aromatic amines is 1. The molecule has 0 aliphatic carbocycles. The van der Waals surface area contributed by atoms with Crippen LogP contribution >= 0.6 is 11.8 Å². The SMILES string of the molecule is c1ccc(-c2nc(SC[C@@H]3CCCO3)n[nH]2)cc1. The average Bonchev–Trinajstić information content (AvgIpc) is 3.09. The molecular formula is C13H15N3OS. The van der Waals surface area contributed by atoms with Gasteiger partial charge in [0.1, 0.15) is 0 Å². The van der Waals surface area contributed by atoms with Crippen LogP contribution < -0.4 is 0 Å². The van der Waals surface area contributed by atoms with Crippen molar-refractivity contribution >= 4 is 11.8 Å². The number of rotatable bonds is 4. The van der Waals surface area contributed by atoms with E-state index >= 15 is 0 Å². The fourth-order valence-corrected chi connectivity index (χ4v) is 2.84. The van der Waals surface area contributed by atoms with Crippen molar-refractivity contribution in [3.63, 3.8) is 0 Å². The highest BCUT2D eigenvalue weighted by Crippen LogP contribution is 2.23. The van der Waals surface area contributed by atoms with Gasteiger partial charge in [-0.25, -0.2) is 4.98 Å². The van der Waals surface area contributed by atoms with E-state index in [9.17, 15) is 0 Å². The molecule has 0 radical (unpaired) electrons. The summed E-state index contributed by atoms with van der Waals surface area (Å²) in [5, 5.41) is 8.00. The molecule has 5 heteroatoms. The Kier molecular flexibility index (Phi) is 3.61. The summed E-state index contributed by atoms with van der Waals surface area (Å²) in [4.78, 5) is 4.48. The molecule has 0 amide bonds. The number of hydrogen-bond donors (Lipinski definition) is 1. The third-order valence-corrected chi connectivity index (χ3v) is 3.91. The zero-order chi connectivity index (χ0) is 12.2. The lowest BCUT2D eigenvalue weighted by molar-refractivity contribution is 0.129. The smallest absolute Gasteiger partial charge is 0.208 e. The van der Waals surface area contributed by atoms with E-state index in [1.165, 1.54) is 6.42 Å². The standard InChI is InChI=1S/C13H15N3OS/c1-2-5-10(6-3-1)12-14-13(16-15-12)18-9-11-7-4-8-17-11/h1-3,5-6,11H,4,7-9H2,(H,14,15,16)/t11-/m0/s1. The molecule has 1 N–H and O–H groups in total. The largest absolute Gasteiger partial charge is 0.377 e. The van der Waals surface area contributed by atoms with E-state index in [0.29, 0.717) is 6.10 Å². The normalized spacial score (nSPS) is 19.2. The molecule has 1 fully saturated rings. The highest BCUT2D eigenvalue weighted by molar-refractivity contribution is 7.99. The number of hydrogen-bond acceptors (Lipinski definition) is 4. The highest BCUT2D eigenvalue weighted by atomic mass is 32.2. The summed E-state index contributed by atoms with van der Waals surface area (Å²) < 4.78 is 5.58. The molecular weight excluding hydrogens is 246 g/mol. The second-order valence-corrected chi connectivity index (χ2v) is 5.27. The number of benzene rings is 1. The molecule has 1 aromatic carbocycles. The molecule has 4 nitrogen and oxygen atoms in total. The van der Waals surface area contributed by atoms with Crippen molar-refractivity contribution in [3.05, 3.63) is 30.3 Å². The molecule has 1 saturated heterocycles. The van der Waals surface area contributed by atoms with E-state index in [1.807, 2.05) is 30.3 Å². The number of aromatic nitrogens is 3. The summed E-state index contributed by atoms with van der Waals surface area (Å²) in [5.41, 5.74) is 1.06. The quantitative estimate of drug-likeness (QED) is 0.860. The van der Waals surface area contributed by atoms with Crippen LogP contribution in [0.2, 0.25) is 0 Å². The van der Waals surface area contributed by atoms with Crippen LogP contribution in [0.5, 0.6) is 0 Å². The van der Waals surface area contributed by atoms with Gasteiger partial charge < -0.3 is 4.74 Å². The molecule has 1 aliphatic heterocycles. The van der Waals surface area contributed by atoms with Gasteiger partial charge in [0.25, 0.3) is 0 Å². The first-order valence-corrected chi connectivity index (χ1v) is 7.12. The van der Waals surface area contributed by atoms with E-state index in [0.717, 1.165) is 35.3 Å². The van der Waals surface area contributed by atoms with Gasteiger partial charge in [-0.15, -0.1) is 5.10 Å². The molecule has 0 bridgehead atoms. The molecule has 0 spiro atoms. The van der Waals surface area contributed by atoms with Gasteiger partial charge in [0.05, 0.1) is 6.10 Å². The second-order valence-electron chi connectivity index (χ2n) is 4.28. The van der Waals surface area contributed by atoms with E-state index in [4.69, 9.17) is 4.74 Å². The zero-order valence-corrected chi connectivity index (χ0v) is 10.8. The van der Waals surface area contributed by atoms with Crippen molar-refractivity contribution in [2.24, 2.45) is 0 Å². The Hall–Kier alpha value is -1.33. The van der Waals surface area contributed by atoms with Gasteiger partial charge in [-0.05, 0) is 12.8 Å². The van der Waals surface area contributed by atoms with Crippen LogP contribution in [-0.4, -0.2) is 33.6 Å². The Labute approximate surface area is 110 Å². The van der Waals surface area contributed by atoms with Crippen LogP contribution in [0.3, 0.4) is 0 Å². The topological polar surface area (TPSA) is 50.8 Å². The first-order chi connectivity index (χ1) is 8.92. The molecule has 1 aromatic heterocycles. The van der Waals surface area contributed by atoms with Crippen molar-refractivity contribution < 1.29 is 4.74 Å². The molecule has 1 atom stereocenters. The third-order valence-electron chi connectivity index (χ3n) is 2.93. The number of nitrogens with one attached hydrogen (secondary N) is 1. The summed E-state index contributed by atoms with van der Waals surface area (Å²) in [6, 6.07) is 10.0. The predicted molar refractivity (Wildman–Crippen MR) is 71.5 cm³/mol. The highest BCUT2D eigenvalue weighted by Gasteiger charge is 2.16. The van der Waals surface area contributed by atoms with Crippen molar-refractivity contribution in [2.45, 2.75) is 24.1 Å². The number of nitrogens with zero attached hydrogens (tertiary/aromatic N) is 2. The number of H-pyrrole nitrogens is 1. The minimum absolute atomic E-state index is 0.369. The minimum atomic E-state index is 0.369. The maximum absolute atomic E-state index is 5.58. The van der Waals surface area contributed by atoms with Crippen molar-refractivity contribution in [2.75, 3.05) is 12.4 Å². The van der Waals surface area contributed by atoms with Crippen LogP contribution in [0.15, 0.2) is 35.5 Å². The maximum atomic E-state index is 5.58. The van der Waals surface area contributed by atoms with Gasteiger partial charge in [0.15, 0.2) is 5.82 Å². The van der Waals surface area contributed by atoms with Crippen molar-refractivity contribution in [1.82, 2.24) is 15.2 Å². The van der Waals surface area contributed by atoms with Crippen LogP contribution in [0.1, 0.15) is 12.8 Å². The van der Waals surface area contributed by atoms with E-state index in [2.05, 4.69) is 15.2 Å². The molecule has 18 heavy (non-hydrogen) atoms. The van der Waals surface area contributed by atoms with Crippen LogP contribution in [0, 0.1) is 0 Å². The predicted octanol–water partition coefficient (Wildman–Crippen LogP) is 2.74. The Balaban J connectivity index is 1.63. The van der Waals surface area contributed by atoms with Crippen LogP contribution in [-0.2, 0) is 4.74 Å². The third kappa shape index (κ3) is 2.73. The van der Waals surface area contributed by atoms with E-state index < -0.39 is 0 Å². The van der Waals surface area contributed by atoms with Gasteiger partial charge in [-0.3, -0.25) is 5.10 Å². The first kappa shape index (κ1) is 11.7. The molecule has 3 rings (SSSR count). The monoisotopic (exact) mass is 261 g/mol. The first-order valence-electron chi connectivity index (χ1n) is 6.14. The van der Waals surface area contributed by atoms with E-state index in [1.54, 1.807) is 11.8 Å². The summed E-state index contributed by atoms with van der Waals surface area (Å²) in [7, 11) is 0. The van der Waals surface area contributed by atoms with Crippen molar-refractivity contribution in [3.8, 4) is 11.4 Å². The Morgan fingerprint density at radius 3 is 3.00 bits per heavy atom. The molecule has 0 saturated carbocycles.